The van der Waals surface area contributed by atoms with Crippen molar-refractivity contribution in [1.29, 1.82) is 0 Å². The van der Waals surface area contributed by atoms with Crippen LogP contribution in [0.3, 0.4) is 0 Å². The molecule has 1 atom stereocenters. The Morgan fingerprint density at radius 3 is 2.85 bits per heavy atom. The fourth-order valence-corrected chi connectivity index (χ4v) is 5.37. The molecule has 1 aromatic heterocycles. The fraction of sp³-hybridized carbons (Fsp3) is 0.591. The molecule has 4 heteroatoms. The lowest BCUT2D eigenvalue weighted by Crippen LogP contribution is -2.40. The smallest absolute Gasteiger partial charge is 0.341 e. The summed E-state index contributed by atoms with van der Waals surface area (Å²) in [4.78, 5) is 14.9. The minimum Gasteiger partial charge on any atom is -0.422 e. The second-order valence-corrected chi connectivity index (χ2v) is 8.47. The van der Waals surface area contributed by atoms with Gasteiger partial charge in [-0.25, -0.2) is 4.79 Å². The zero-order chi connectivity index (χ0) is 17.5. The summed E-state index contributed by atoms with van der Waals surface area (Å²) in [5, 5.41) is 5.01. The van der Waals surface area contributed by atoms with Crippen LogP contribution in [0.2, 0.25) is 0 Å². The molecule has 2 saturated heterocycles. The molecule has 3 aliphatic heterocycles. The average Bonchev–Trinajstić information content (AvgIpc) is 2.99. The van der Waals surface area contributed by atoms with E-state index >= 15 is 0 Å². The summed E-state index contributed by atoms with van der Waals surface area (Å²) in [6.07, 6.45) is 9.05. The van der Waals surface area contributed by atoms with Crippen LogP contribution in [0.1, 0.15) is 49.7 Å². The summed E-state index contributed by atoms with van der Waals surface area (Å²) in [6, 6.07) is 9.34. The molecule has 1 N–H and O–H groups in total. The number of rotatable bonds is 3. The molecule has 1 aliphatic carbocycles. The van der Waals surface area contributed by atoms with E-state index in [9.17, 15) is 4.79 Å². The van der Waals surface area contributed by atoms with Crippen LogP contribution in [0.25, 0.3) is 11.0 Å². The third-order valence-corrected chi connectivity index (χ3v) is 6.82. The second kappa shape index (κ2) is 6.82. The van der Waals surface area contributed by atoms with Crippen molar-refractivity contribution >= 4 is 11.0 Å². The maximum Gasteiger partial charge on any atom is 0.341 e. The highest BCUT2D eigenvalue weighted by Gasteiger charge is 2.30. The number of nitrogens with one attached hydrogen (secondary N) is 1. The van der Waals surface area contributed by atoms with Crippen LogP contribution in [0.4, 0.5) is 0 Å². The summed E-state index contributed by atoms with van der Waals surface area (Å²) in [7, 11) is 0. The van der Waals surface area contributed by atoms with Gasteiger partial charge < -0.3 is 9.73 Å². The van der Waals surface area contributed by atoms with Crippen LogP contribution in [0.5, 0.6) is 0 Å². The van der Waals surface area contributed by atoms with Gasteiger partial charge in [0.15, 0.2) is 0 Å². The van der Waals surface area contributed by atoms with E-state index in [0.717, 1.165) is 54.5 Å². The van der Waals surface area contributed by atoms with Crippen molar-refractivity contribution in [1.82, 2.24) is 10.2 Å². The van der Waals surface area contributed by atoms with E-state index < -0.39 is 0 Å². The number of fused-ring (bicyclic) bond motifs is 7. The first-order chi connectivity index (χ1) is 12.8. The predicted octanol–water partition coefficient (Wildman–Crippen LogP) is 3.46. The molecule has 1 unspecified atom stereocenters. The molecule has 0 spiro atoms. The van der Waals surface area contributed by atoms with Crippen molar-refractivity contribution in [2.75, 3.05) is 13.1 Å². The molecule has 3 fully saturated rings. The molecular weight excluding hydrogens is 324 g/mol. The highest BCUT2D eigenvalue weighted by molar-refractivity contribution is 5.81. The molecular formula is C22H28N2O2. The number of hydrogen-bond acceptors (Lipinski definition) is 4. The van der Waals surface area contributed by atoms with Gasteiger partial charge in [-0.1, -0.05) is 18.2 Å². The van der Waals surface area contributed by atoms with E-state index in [1.165, 1.54) is 44.1 Å². The van der Waals surface area contributed by atoms with Gasteiger partial charge in [0.25, 0.3) is 0 Å². The lowest BCUT2D eigenvalue weighted by Gasteiger charge is -2.30. The summed E-state index contributed by atoms with van der Waals surface area (Å²) < 4.78 is 5.56. The molecule has 138 valence electrons. The van der Waals surface area contributed by atoms with Gasteiger partial charge in [0.2, 0.25) is 0 Å². The maximum absolute atomic E-state index is 12.5. The quantitative estimate of drug-likeness (QED) is 0.860. The van der Waals surface area contributed by atoms with E-state index in [1.807, 2.05) is 18.2 Å². The van der Waals surface area contributed by atoms with Gasteiger partial charge >= 0.3 is 5.63 Å². The highest BCUT2D eigenvalue weighted by Crippen LogP contribution is 2.33. The Kier molecular flexibility index (Phi) is 4.33. The Balaban J connectivity index is 1.29. The number of benzene rings is 1. The van der Waals surface area contributed by atoms with Crippen molar-refractivity contribution in [3.8, 4) is 0 Å². The molecule has 2 aromatic rings. The molecule has 0 amide bonds. The molecule has 4 heterocycles. The second-order valence-electron chi connectivity index (χ2n) is 8.47. The molecule has 1 aromatic carbocycles. The summed E-state index contributed by atoms with van der Waals surface area (Å²) in [5.74, 6) is 0.937. The van der Waals surface area contributed by atoms with Crippen molar-refractivity contribution in [2.24, 2.45) is 5.92 Å². The fourth-order valence-electron chi connectivity index (χ4n) is 5.37. The van der Waals surface area contributed by atoms with E-state index in [2.05, 4.69) is 16.3 Å². The summed E-state index contributed by atoms with van der Waals surface area (Å²) in [6.45, 7) is 2.85. The monoisotopic (exact) mass is 352 g/mol. The van der Waals surface area contributed by atoms with Crippen molar-refractivity contribution < 1.29 is 4.42 Å². The zero-order valence-corrected chi connectivity index (χ0v) is 15.4. The summed E-state index contributed by atoms with van der Waals surface area (Å²) >= 11 is 0. The van der Waals surface area contributed by atoms with Crippen molar-refractivity contribution in [2.45, 2.75) is 63.6 Å². The van der Waals surface area contributed by atoms with Gasteiger partial charge in [0.1, 0.15) is 5.58 Å². The molecule has 4 aliphatic rings. The molecule has 1 saturated carbocycles. The maximum atomic E-state index is 12.5. The SMILES string of the molecule is O=c1oc2ccccc2c2c1CN(CCC1CC3CCC(CC3)N1)CC2. The summed E-state index contributed by atoms with van der Waals surface area (Å²) in [5.41, 5.74) is 2.67. The molecule has 4 nitrogen and oxygen atoms in total. The van der Waals surface area contributed by atoms with Crippen LogP contribution in [0, 0.1) is 5.92 Å². The average molecular weight is 352 g/mol. The Morgan fingerprint density at radius 2 is 1.96 bits per heavy atom. The van der Waals surface area contributed by atoms with Gasteiger partial charge in [-0.15, -0.1) is 0 Å². The zero-order valence-electron chi connectivity index (χ0n) is 15.4. The van der Waals surface area contributed by atoms with Gasteiger partial charge in [0, 0.05) is 30.6 Å². The number of para-hydroxylation sites is 1. The first kappa shape index (κ1) is 16.5. The van der Waals surface area contributed by atoms with Crippen LogP contribution >= 0.6 is 0 Å². The normalized spacial score (nSPS) is 28.8. The standard InChI is InChI=1S/C22H28N2O2/c25-22-20-14-24(11-9-17-13-15-5-7-16(23-17)8-6-15)12-10-18(20)19-3-1-2-4-21(19)26-22/h1-4,15-17,23H,5-14H2. The van der Waals surface area contributed by atoms with E-state index in [-0.39, 0.29) is 5.63 Å². The van der Waals surface area contributed by atoms with Crippen LogP contribution in [-0.2, 0) is 13.0 Å². The predicted molar refractivity (Wildman–Crippen MR) is 103 cm³/mol. The third kappa shape index (κ3) is 3.10. The minimum atomic E-state index is -0.144. The van der Waals surface area contributed by atoms with Gasteiger partial charge in [0.05, 0.1) is 5.56 Å². The first-order valence-corrected chi connectivity index (χ1v) is 10.3. The van der Waals surface area contributed by atoms with Gasteiger partial charge in [-0.2, -0.15) is 0 Å². The van der Waals surface area contributed by atoms with Crippen LogP contribution in [-0.4, -0.2) is 30.1 Å². The highest BCUT2D eigenvalue weighted by atomic mass is 16.4. The molecule has 0 radical (unpaired) electrons. The molecule has 6 rings (SSSR count). The number of hydrogen-bond donors (Lipinski definition) is 1. The van der Waals surface area contributed by atoms with Crippen LogP contribution in [0.15, 0.2) is 33.5 Å². The van der Waals surface area contributed by atoms with E-state index in [1.54, 1.807) is 0 Å². The first-order valence-electron chi connectivity index (χ1n) is 10.3. The lowest BCUT2D eigenvalue weighted by molar-refractivity contribution is 0.231. The minimum absolute atomic E-state index is 0.144. The Labute approximate surface area is 154 Å². The Hall–Kier alpha value is -1.65. The van der Waals surface area contributed by atoms with Gasteiger partial charge in [-0.3, -0.25) is 4.90 Å². The lowest BCUT2D eigenvalue weighted by atomic mass is 9.85. The van der Waals surface area contributed by atoms with Crippen molar-refractivity contribution in [3.63, 3.8) is 0 Å². The Bertz CT molecular complexity index is 837. The topological polar surface area (TPSA) is 45.5 Å². The van der Waals surface area contributed by atoms with E-state index in [0.29, 0.717) is 6.04 Å². The molecule has 2 bridgehead atoms. The third-order valence-electron chi connectivity index (χ3n) is 6.82. The van der Waals surface area contributed by atoms with Crippen molar-refractivity contribution in [3.05, 3.63) is 45.8 Å². The largest absolute Gasteiger partial charge is 0.422 e. The number of nitrogens with zero attached hydrogens (tertiary/aromatic N) is 1. The Morgan fingerprint density at radius 1 is 1.12 bits per heavy atom. The van der Waals surface area contributed by atoms with E-state index in [4.69, 9.17) is 4.42 Å². The molecule has 26 heavy (non-hydrogen) atoms. The van der Waals surface area contributed by atoms with Gasteiger partial charge in [-0.05, 0) is 69.0 Å². The van der Waals surface area contributed by atoms with Crippen LogP contribution < -0.4 is 10.9 Å².